The van der Waals surface area contributed by atoms with Gasteiger partial charge in [-0.25, -0.2) is 4.98 Å². The third-order valence-electron chi connectivity index (χ3n) is 4.12. The Bertz CT molecular complexity index is 1070. The number of carbonyl (C=O) groups excluding carboxylic acids is 1. The quantitative estimate of drug-likeness (QED) is 0.641. The molecule has 0 saturated carbocycles. The second kappa shape index (κ2) is 7.01. The maximum atomic E-state index is 13.4. The normalized spacial score (nSPS) is 13.6. The smallest absolute Gasteiger partial charge is 0.449 e. The van der Waals surface area contributed by atoms with Gasteiger partial charge in [-0.15, -0.1) is 0 Å². The highest BCUT2D eigenvalue weighted by molar-refractivity contribution is 9.10. The van der Waals surface area contributed by atoms with Crippen molar-refractivity contribution in [3.63, 3.8) is 0 Å². The van der Waals surface area contributed by atoms with E-state index in [0.717, 1.165) is 4.57 Å². The van der Waals surface area contributed by atoms with Gasteiger partial charge in [0.25, 0.3) is 0 Å². The highest BCUT2D eigenvalue weighted by Crippen LogP contribution is 2.38. The molecule has 1 aromatic heterocycles. The number of carbonyl (C=O) groups is 1. The van der Waals surface area contributed by atoms with E-state index in [2.05, 4.69) is 26.2 Å². The summed E-state index contributed by atoms with van der Waals surface area (Å²) in [6, 6.07) is 9.34. The number of rotatable bonds is 3. The Morgan fingerprint density at radius 3 is 2.57 bits per heavy atom. The van der Waals surface area contributed by atoms with Crippen LogP contribution < -0.4 is 14.8 Å². The van der Waals surface area contributed by atoms with Gasteiger partial charge in [-0.1, -0.05) is 12.1 Å². The van der Waals surface area contributed by atoms with E-state index >= 15 is 0 Å². The number of alkyl halides is 3. The number of benzene rings is 2. The molecule has 3 aromatic rings. The Morgan fingerprint density at radius 1 is 1.18 bits per heavy atom. The van der Waals surface area contributed by atoms with Crippen molar-refractivity contribution in [3.05, 3.63) is 46.7 Å². The molecule has 0 unspecified atom stereocenters. The average Bonchev–Trinajstić information content (AvgIpc) is 3.01. The number of para-hydroxylation sites is 2. The minimum atomic E-state index is -4.68. The van der Waals surface area contributed by atoms with Gasteiger partial charge < -0.3 is 19.4 Å². The van der Waals surface area contributed by atoms with E-state index in [4.69, 9.17) is 9.47 Å². The number of hydrogen-bond acceptors (Lipinski definition) is 4. The van der Waals surface area contributed by atoms with E-state index in [1.165, 1.54) is 12.1 Å². The topological polar surface area (TPSA) is 65.4 Å². The molecule has 10 heteroatoms. The van der Waals surface area contributed by atoms with E-state index in [9.17, 15) is 18.0 Å². The number of halogens is 4. The molecule has 6 nitrogen and oxygen atoms in total. The molecule has 0 spiro atoms. The van der Waals surface area contributed by atoms with Crippen LogP contribution in [0.3, 0.4) is 0 Å². The summed E-state index contributed by atoms with van der Waals surface area (Å²) in [4.78, 5) is 16.1. The minimum absolute atomic E-state index is 0.170. The number of aromatic nitrogens is 2. The first-order chi connectivity index (χ1) is 13.3. The van der Waals surface area contributed by atoms with Crippen molar-refractivity contribution in [2.45, 2.75) is 12.7 Å². The molecule has 1 aliphatic rings. The second-order valence-corrected chi connectivity index (χ2v) is 6.89. The lowest BCUT2D eigenvalue weighted by Crippen LogP contribution is -2.23. The predicted molar refractivity (Wildman–Crippen MR) is 98.5 cm³/mol. The van der Waals surface area contributed by atoms with Crippen LogP contribution in [0.25, 0.3) is 11.0 Å². The molecular weight excluding hydrogens is 443 g/mol. The minimum Gasteiger partial charge on any atom is -0.486 e. The zero-order chi connectivity index (χ0) is 19.9. The van der Waals surface area contributed by atoms with Crippen molar-refractivity contribution in [1.82, 2.24) is 9.55 Å². The van der Waals surface area contributed by atoms with Crippen LogP contribution in [-0.4, -0.2) is 28.7 Å². The highest BCUT2D eigenvalue weighted by atomic mass is 79.9. The lowest BCUT2D eigenvalue weighted by atomic mass is 10.2. The van der Waals surface area contributed by atoms with Crippen molar-refractivity contribution in [2.24, 2.45) is 0 Å². The summed E-state index contributed by atoms with van der Waals surface area (Å²) in [7, 11) is 0. The molecule has 0 atom stereocenters. The summed E-state index contributed by atoms with van der Waals surface area (Å²) in [6.07, 6.45) is -4.68. The van der Waals surface area contributed by atoms with Gasteiger partial charge in [0.2, 0.25) is 11.7 Å². The molecule has 0 aliphatic carbocycles. The predicted octanol–water partition coefficient (Wildman–Crippen LogP) is 4.23. The van der Waals surface area contributed by atoms with E-state index in [1.54, 1.807) is 24.3 Å². The van der Waals surface area contributed by atoms with Crippen molar-refractivity contribution in [1.29, 1.82) is 0 Å². The molecule has 1 aliphatic heterocycles. The zero-order valence-electron chi connectivity index (χ0n) is 14.2. The van der Waals surface area contributed by atoms with E-state index in [1.807, 2.05) is 0 Å². The first kappa shape index (κ1) is 18.6. The van der Waals surface area contributed by atoms with E-state index in [-0.39, 0.29) is 11.0 Å². The third-order valence-corrected chi connectivity index (χ3v) is 4.77. The molecule has 1 amide bonds. The summed E-state index contributed by atoms with van der Waals surface area (Å²) in [5, 5.41) is 2.60. The van der Waals surface area contributed by atoms with Crippen molar-refractivity contribution in [2.75, 3.05) is 18.5 Å². The number of imidazole rings is 1. The van der Waals surface area contributed by atoms with Crippen molar-refractivity contribution < 1.29 is 27.4 Å². The van der Waals surface area contributed by atoms with Gasteiger partial charge in [0, 0.05) is 16.6 Å². The van der Waals surface area contributed by atoms with Crippen LogP contribution in [0.4, 0.5) is 18.9 Å². The fourth-order valence-corrected chi connectivity index (χ4v) is 3.37. The number of hydrogen-bond donors (Lipinski definition) is 1. The highest BCUT2D eigenvalue weighted by Gasteiger charge is 2.38. The van der Waals surface area contributed by atoms with Crippen LogP contribution in [0.15, 0.2) is 40.9 Å². The standard InChI is InChI=1S/C18H13BrF3N3O3/c19-10-7-14-15(28-6-5-27-14)8-12(10)23-16(26)9-25-13-4-2-1-3-11(13)24-17(25)18(20,21)22/h1-4,7-8H,5-6,9H2,(H,23,26). The fraction of sp³-hybridized carbons (Fsp3) is 0.222. The summed E-state index contributed by atoms with van der Waals surface area (Å²) >= 11 is 3.32. The van der Waals surface area contributed by atoms with Crippen LogP contribution >= 0.6 is 15.9 Å². The second-order valence-electron chi connectivity index (χ2n) is 6.03. The lowest BCUT2D eigenvalue weighted by molar-refractivity contribution is -0.147. The molecular formula is C18H13BrF3N3O3. The molecule has 0 saturated heterocycles. The zero-order valence-corrected chi connectivity index (χ0v) is 15.8. The summed E-state index contributed by atoms with van der Waals surface area (Å²) in [6.45, 7) is 0.243. The van der Waals surface area contributed by atoms with Crippen LogP contribution in [0.2, 0.25) is 0 Å². The molecule has 0 bridgehead atoms. The number of nitrogens with zero attached hydrogens (tertiary/aromatic N) is 2. The number of amides is 1. The van der Waals surface area contributed by atoms with Gasteiger partial charge in [-0.05, 0) is 28.1 Å². The Morgan fingerprint density at radius 2 is 1.86 bits per heavy atom. The SMILES string of the molecule is O=C(Cn1c(C(F)(F)F)nc2ccccc21)Nc1cc2c(cc1Br)OCCO2. The van der Waals surface area contributed by atoms with E-state index < -0.39 is 24.5 Å². The maximum Gasteiger partial charge on any atom is 0.449 e. The average molecular weight is 456 g/mol. The lowest BCUT2D eigenvalue weighted by Gasteiger charge is -2.20. The number of fused-ring (bicyclic) bond motifs is 2. The van der Waals surface area contributed by atoms with Gasteiger partial charge in [0.15, 0.2) is 11.5 Å². The fourth-order valence-electron chi connectivity index (χ4n) is 2.95. The van der Waals surface area contributed by atoms with Crippen LogP contribution in [0.5, 0.6) is 11.5 Å². The summed E-state index contributed by atoms with van der Waals surface area (Å²) in [5.41, 5.74) is 0.765. The number of anilines is 1. The molecule has 1 N–H and O–H groups in total. The molecule has 2 heterocycles. The van der Waals surface area contributed by atoms with Gasteiger partial charge in [-0.3, -0.25) is 4.79 Å². The first-order valence-corrected chi connectivity index (χ1v) is 9.03. The molecule has 0 radical (unpaired) electrons. The Kier molecular flexibility index (Phi) is 4.66. The summed E-state index contributed by atoms with van der Waals surface area (Å²) in [5.74, 6) is -0.777. The number of nitrogens with one attached hydrogen (secondary N) is 1. The Labute approximate surface area is 165 Å². The molecule has 4 rings (SSSR count). The first-order valence-electron chi connectivity index (χ1n) is 8.24. The summed E-state index contributed by atoms with van der Waals surface area (Å²) < 4.78 is 52.4. The third kappa shape index (κ3) is 3.51. The Hall–Kier alpha value is -2.75. The van der Waals surface area contributed by atoms with Crippen molar-refractivity contribution in [3.8, 4) is 11.5 Å². The van der Waals surface area contributed by atoms with Crippen molar-refractivity contribution >= 4 is 38.6 Å². The monoisotopic (exact) mass is 455 g/mol. The Balaban J connectivity index is 1.63. The van der Waals surface area contributed by atoms with Gasteiger partial charge >= 0.3 is 6.18 Å². The largest absolute Gasteiger partial charge is 0.486 e. The van der Waals surface area contributed by atoms with E-state index in [0.29, 0.717) is 34.9 Å². The molecule has 146 valence electrons. The molecule has 2 aromatic carbocycles. The van der Waals surface area contributed by atoms with Crippen LogP contribution in [-0.2, 0) is 17.5 Å². The molecule has 0 fully saturated rings. The van der Waals surface area contributed by atoms with Crippen LogP contribution in [0.1, 0.15) is 5.82 Å². The van der Waals surface area contributed by atoms with Gasteiger partial charge in [-0.2, -0.15) is 13.2 Å². The van der Waals surface area contributed by atoms with Crippen LogP contribution in [0, 0.1) is 0 Å². The van der Waals surface area contributed by atoms with Gasteiger partial charge in [0.1, 0.15) is 19.8 Å². The van der Waals surface area contributed by atoms with Gasteiger partial charge in [0.05, 0.1) is 16.7 Å². The number of ether oxygens (including phenoxy) is 2. The molecule has 28 heavy (non-hydrogen) atoms. The maximum absolute atomic E-state index is 13.4.